The van der Waals surface area contributed by atoms with Crippen LogP contribution in [0, 0.1) is 25.7 Å². The van der Waals surface area contributed by atoms with Gasteiger partial charge in [-0.3, -0.25) is 4.79 Å². The number of anilines is 1. The van der Waals surface area contributed by atoms with Gasteiger partial charge < -0.3 is 10.4 Å². The van der Waals surface area contributed by atoms with Gasteiger partial charge in [0.1, 0.15) is 4.88 Å². The van der Waals surface area contributed by atoms with Gasteiger partial charge in [-0.2, -0.15) is 0 Å². The van der Waals surface area contributed by atoms with Crippen molar-refractivity contribution in [2.45, 2.75) is 20.3 Å². The van der Waals surface area contributed by atoms with Crippen LogP contribution in [0.25, 0.3) is 0 Å². The first kappa shape index (κ1) is 15.2. The smallest absolute Gasteiger partial charge is 0.267 e. The van der Waals surface area contributed by atoms with Gasteiger partial charge in [0.05, 0.1) is 23.5 Å². The molecule has 1 amide bonds. The van der Waals surface area contributed by atoms with Gasteiger partial charge in [0.2, 0.25) is 0 Å². The number of aryl methyl sites for hydroxylation is 2. The monoisotopic (exact) mass is 300 g/mol. The molecule has 4 nitrogen and oxygen atoms in total. The number of amides is 1. The van der Waals surface area contributed by atoms with Crippen molar-refractivity contribution >= 4 is 22.9 Å². The van der Waals surface area contributed by atoms with Crippen molar-refractivity contribution in [3.05, 3.63) is 45.4 Å². The van der Waals surface area contributed by atoms with E-state index in [9.17, 15) is 4.79 Å². The van der Waals surface area contributed by atoms with Crippen LogP contribution in [0.1, 0.15) is 32.2 Å². The van der Waals surface area contributed by atoms with Gasteiger partial charge >= 0.3 is 0 Å². The minimum absolute atomic E-state index is 0.0285. The molecule has 0 aliphatic carbocycles. The summed E-state index contributed by atoms with van der Waals surface area (Å²) in [5.41, 5.74) is 2.46. The van der Waals surface area contributed by atoms with Crippen molar-refractivity contribution in [3.8, 4) is 11.8 Å². The van der Waals surface area contributed by atoms with Gasteiger partial charge in [0.15, 0.2) is 0 Å². The second-order valence-electron chi connectivity index (χ2n) is 4.52. The number of rotatable bonds is 3. The number of aliphatic hydroxyl groups is 1. The van der Waals surface area contributed by atoms with Gasteiger partial charge in [0, 0.05) is 12.0 Å². The molecule has 1 heterocycles. The van der Waals surface area contributed by atoms with Crippen LogP contribution in [-0.2, 0) is 0 Å². The maximum absolute atomic E-state index is 12.2. The quantitative estimate of drug-likeness (QED) is 0.857. The Morgan fingerprint density at radius 3 is 2.90 bits per heavy atom. The van der Waals surface area contributed by atoms with E-state index >= 15 is 0 Å². The summed E-state index contributed by atoms with van der Waals surface area (Å²) in [4.78, 5) is 16.8. The average molecular weight is 300 g/mol. The topological polar surface area (TPSA) is 62.2 Å². The zero-order valence-corrected chi connectivity index (χ0v) is 12.8. The summed E-state index contributed by atoms with van der Waals surface area (Å²) in [5.74, 6) is 5.65. The highest BCUT2D eigenvalue weighted by atomic mass is 32.1. The third-order valence-corrected chi connectivity index (χ3v) is 3.64. The molecule has 0 unspecified atom stereocenters. The molecule has 0 bridgehead atoms. The van der Waals surface area contributed by atoms with Crippen molar-refractivity contribution in [3.63, 3.8) is 0 Å². The number of carbonyl (C=O) groups excluding carboxylic acids is 1. The molecule has 0 spiro atoms. The minimum Gasteiger partial charge on any atom is -0.395 e. The lowest BCUT2D eigenvalue weighted by molar-refractivity contribution is 0.103. The number of nitrogens with zero attached hydrogens (tertiary/aromatic N) is 1. The maximum Gasteiger partial charge on any atom is 0.267 e. The molecule has 2 rings (SSSR count). The number of hydrogen-bond donors (Lipinski definition) is 2. The molecule has 21 heavy (non-hydrogen) atoms. The molecule has 1 aromatic heterocycles. The molecule has 2 N–H and O–H groups in total. The van der Waals surface area contributed by atoms with E-state index in [4.69, 9.17) is 5.11 Å². The van der Waals surface area contributed by atoms with Gasteiger partial charge in [-0.25, -0.2) is 4.98 Å². The lowest BCUT2D eigenvalue weighted by atomic mass is 10.1. The Morgan fingerprint density at radius 1 is 1.43 bits per heavy atom. The number of aromatic nitrogens is 1. The molecule has 0 aliphatic rings. The van der Waals surface area contributed by atoms with E-state index in [1.54, 1.807) is 6.20 Å². The fourth-order valence-corrected chi connectivity index (χ4v) is 2.41. The first-order valence-electron chi connectivity index (χ1n) is 6.54. The predicted octanol–water partition coefficient (Wildman–Crippen LogP) is 2.75. The van der Waals surface area contributed by atoms with Crippen LogP contribution in [0.5, 0.6) is 0 Å². The summed E-state index contributed by atoms with van der Waals surface area (Å²) in [6.07, 6.45) is 1.98. The van der Waals surface area contributed by atoms with Crippen LogP contribution in [0.4, 0.5) is 5.69 Å². The van der Waals surface area contributed by atoms with Gasteiger partial charge in [-0.1, -0.05) is 17.9 Å². The SMILES string of the molecule is Cc1ccc(C#CCCO)c(NC(=O)c2cnc(C)s2)c1. The van der Waals surface area contributed by atoms with Crippen molar-refractivity contribution in [1.29, 1.82) is 0 Å². The summed E-state index contributed by atoms with van der Waals surface area (Å²) in [6.45, 7) is 3.85. The Labute approximate surface area is 127 Å². The Bertz CT molecular complexity index is 711. The lowest BCUT2D eigenvalue weighted by Crippen LogP contribution is -2.11. The van der Waals surface area contributed by atoms with Crippen LogP contribution in [-0.4, -0.2) is 22.6 Å². The fraction of sp³-hybridized carbons (Fsp3) is 0.250. The zero-order valence-electron chi connectivity index (χ0n) is 11.9. The highest BCUT2D eigenvalue weighted by Gasteiger charge is 2.11. The van der Waals surface area contributed by atoms with E-state index in [0.29, 0.717) is 17.0 Å². The largest absolute Gasteiger partial charge is 0.395 e. The molecule has 1 aromatic carbocycles. The Kier molecular flexibility index (Phi) is 5.09. The van der Waals surface area contributed by atoms with E-state index in [-0.39, 0.29) is 12.5 Å². The molecule has 0 atom stereocenters. The van der Waals surface area contributed by atoms with Crippen LogP contribution >= 0.6 is 11.3 Å². The van der Waals surface area contributed by atoms with Crippen LogP contribution in [0.2, 0.25) is 0 Å². The molecule has 0 saturated carbocycles. The van der Waals surface area contributed by atoms with Gasteiger partial charge in [-0.15, -0.1) is 11.3 Å². The second kappa shape index (κ2) is 7.02. The third-order valence-electron chi connectivity index (χ3n) is 2.73. The summed E-state index contributed by atoms with van der Waals surface area (Å²) in [7, 11) is 0. The van der Waals surface area contributed by atoms with Crippen molar-refractivity contribution in [1.82, 2.24) is 4.98 Å². The van der Waals surface area contributed by atoms with E-state index < -0.39 is 0 Å². The van der Waals surface area contributed by atoms with Crippen LogP contribution in [0.3, 0.4) is 0 Å². The summed E-state index contributed by atoms with van der Waals surface area (Å²) >= 11 is 1.35. The maximum atomic E-state index is 12.2. The van der Waals surface area contributed by atoms with E-state index in [1.807, 2.05) is 32.0 Å². The van der Waals surface area contributed by atoms with Crippen molar-refractivity contribution in [2.75, 3.05) is 11.9 Å². The van der Waals surface area contributed by atoms with Gasteiger partial charge in [-0.05, 0) is 31.5 Å². The zero-order chi connectivity index (χ0) is 15.2. The molecule has 0 radical (unpaired) electrons. The Hall–Kier alpha value is -2.16. The molecule has 0 aliphatic heterocycles. The molecule has 2 aromatic rings. The summed E-state index contributed by atoms with van der Waals surface area (Å²) in [5, 5.41) is 12.5. The third kappa shape index (κ3) is 4.15. The van der Waals surface area contributed by atoms with Crippen molar-refractivity contribution < 1.29 is 9.90 Å². The first-order valence-corrected chi connectivity index (χ1v) is 7.36. The summed E-state index contributed by atoms with van der Waals surface area (Å²) in [6, 6.07) is 5.69. The van der Waals surface area contributed by atoms with Crippen molar-refractivity contribution in [2.24, 2.45) is 0 Å². The molecule has 0 saturated heterocycles. The predicted molar refractivity (Wildman–Crippen MR) is 84.6 cm³/mol. The Morgan fingerprint density at radius 2 is 2.24 bits per heavy atom. The normalized spacial score (nSPS) is 9.86. The number of carbonyl (C=O) groups is 1. The van der Waals surface area contributed by atoms with E-state index in [0.717, 1.165) is 16.1 Å². The number of thiazole rings is 1. The number of nitrogens with one attached hydrogen (secondary N) is 1. The van der Waals surface area contributed by atoms with E-state index in [1.165, 1.54) is 11.3 Å². The molecule has 5 heteroatoms. The lowest BCUT2D eigenvalue weighted by Gasteiger charge is -2.07. The highest BCUT2D eigenvalue weighted by molar-refractivity contribution is 7.13. The van der Waals surface area contributed by atoms with Crippen LogP contribution < -0.4 is 5.32 Å². The standard InChI is InChI=1S/C16H16N2O2S/c1-11-6-7-13(5-3-4-8-19)14(9-11)18-16(20)15-10-17-12(2)21-15/h6-7,9-10,19H,4,8H2,1-2H3,(H,18,20). The number of aliphatic hydroxyl groups excluding tert-OH is 1. The molecular formula is C16H16N2O2S. The average Bonchev–Trinajstić information content (AvgIpc) is 2.88. The fourth-order valence-electron chi connectivity index (χ4n) is 1.73. The number of benzene rings is 1. The van der Waals surface area contributed by atoms with Gasteiger partial charge in [0.25, 0.3) is 5.91 Å². The molecular weight excluding hydrogens is 284 g/mol. The number of hydrogen-bond acceptors (Lipinski definition) is 4. The van der Waals surface area contributed by atoms with E-state index in [2.05, 4.69) is 22.1 Å². The molecule has 0 fully saturated rings. The Balaban J connectivity index is 2.24. The first-order chi connectivity index (χ1) is 10.1. The minimum atomic E-state index is -0.184. The highest BCUT2D eigenvalue weighted by Crippen LogP contribution is 2.19. The van der Waals surface area contributed by atoms with Crippen LogP contribution in [0.15, 0.2) is 24.4 Å². The summed E-state index contributed by atoms with van der Waals surface area (Å²) < 4.78 is 0. The second-order valence-corrected chi connectivity index (χ2v) is 5.76. The molecule has 108 valence electrons.